The Hall–Kier alpha value is -1.38. The van der Waals surface area contributed by atoms with Crippen molar-refractivity contribution < 1.29 is 13.6 Å². The van der Waals surface area contributed by atoms with Crippen molar-refractivity contribution in [2.45, 2.75) is 102 Å². The predicted octanol–water partition coefficient (Wildman–Crippen LogP) is 4.05. The van der Waals surface area contributed by atoms with Gasteiger partial charge in [0.1, 0.15) is 24.1 Å². The summed E-state index contributed by atoms with van der Waals surface area (Å²) >= 11 is 0. The molecule has 0 aliphatic carbocycles. The van der Waals surface area contributed by atoms with Gasteiger partial charge in [-0.15, -0.1) is 0 Å². The maximum Gasteiger partial charge on any atom is 0.192 e. The quantitative estimate of drug-likeness (QED) is 0.577. The van der Waals surface area contributed by atoms with Gasteiger partial charge < -0.3 is 25.1 Å². The van der Waals surface area contributed by atoms with Gasteiger partial charge in [-0.2, -0.15) is 0 Å². The van der Waals surface area contributed by atoms with Crippen LogP contribution in [0.15, 0.2) is 12.7 Å². The van der Waals surface area contributed by atoms with Crippen molar-refractivity contribution in [3.05, 3.63) is 12.7 Å². The molecule has 2 aromatic heterocycles. The van der Waals surface area contributed by atoms with E-state index in [1.54, 1.807) is 6.33 Å². The summed E-state index contributed by atoms with van der Waals surface area (Å²) in [6, 6.07) is 0. The van der Waals surface area contributed by atoms with E-state index in [2.05, 4.69) is 82.7 Å². The fraction of sp³-hybridized carbons (Fsp3) is 0.773. The number of nitrogen functional groups attached to an aromatic ring is 1. The van der Waals surface area contributed by atoms with Crippen molar-refractivity contribution in [3.8, 4) is 0 Å². The van der Waals surface area contributed by atoms with Gasteiger partial charge in [-0.25, -0.2) is 15.0 Å². The first-order valence-electron chi connectivity index (χ1n) is 11.6. The number of aromatic nitrogens is 4. The SMILES string of the molecule is CC(C)(C)[Si](C)(C)O[C@@H]1[C@H](O[Si](C)(C)C(C)(C)C)[C@@H](CN)O[C@H]1n1cnc2c(N)ncnc21. The number of nitrogens with two attached hydrogens (primary N) is 2. The number of nitrogens with zero attached hydrogens (tertiary/aromatic N) is 4. The molecule has 0 spiro atoms. The highest BCUT2D eigenvalue weighted by Gasteiger charge is 2.54. The number of hydrogen-bond acceptors (Lipinski definition) is 8. The number of hydrogen-bond donors (Lipinski definition) is 2. The highest BCUT2D eigenvalue weighted by molar-refractivity contribution is 6.74. The highest BCUT2D eigenvalue weighted by Crippen LogP contribution is 2.45. The van der Waals surface area contributed by atoms with Crippen molar-refractivity contribution in [2.24, 2.45) is 5.73 Å². The molecule has 1 fully saturated rings. The minimum Gasteiger partial charge on any atom is -0.408 e. The van der Waals surface area contributed by atoms with E-state index in [1.807, 2.05) is 4.57 Å². The predicted molar refractivity (Wildman–Crippen MR) is 137 cm³/mol. The number of ether oxygens (including phenoxy) is 1. The van der Waals surface area contributed by atoms with Crippen LogP contribution in [0, 0.1) is 0 Å². The van der Waals surface area contributed by atoms with Gasteiger partial charge in [0.05, 0.1) is 12.4 Å². The van der Waals surface area contributed by atoms with Crippen LogP contribution >= 0.6 is 0 Å². The van der Waals surface area contributed by atoms with Gasteiger partial charge in [-0.05, 0) is 36.3 Å². The van der Waals surface area contributed by atoms with E-state index in [4.69, 9.17) is 25.1 Å². The second-order valence-electron chi connectivity index (χ2n) is 12.1. The Morgan fingerprint density at radius 3 is 2.00 bits per heavy atom. The largest absolute Gasteiger partial charge is 0.408 e. The lowest BCUT2D eigenvalue weighted by molar-refractivity contribution is -0.0286. The standard InChI is InChI=1S/C22H42N6O3Si2/c1-21(2,3)32(7,8)30-16-14(11-23)29-20(17(16)31-33(9,10)22(4,5)6)28-13-27-15-18(24)25-12-26-19(15)28/h12-14,16-17,20H,11,23H2,1-10H3,(H2,24,25,26)/t14-,16-,17-,20-/m1/s1. The molecule has 1 aliphatic heterocycles. The first-order valence-corrected chi connectivity index (χ1v) is 17.5. The molecule has 0 bridgehead atoms. The molecule has 3 rings (SSSR count). The molecule has 0 saturated carbocycles. The van der Waals surface area contributed by atoms with Crippen LogP contribution < -0.4 is 11.5 Å². The van der Waals surface area contributed by atoms with E-state index in [0.717, 1.165) is 0 Å². The molecule has 1 saturated heterocycles. The fourth-order valence-corrected chi connectivity index (χ4v) is 6.08. The summed E-state index contributed by atoms with van der Waals surface area (Å²) in [7, 11) is -4.32. The molecule has 1 aliphatic rings. The normalized spacial score (nSPS) is 25.2. The topological polar surface area (TPSA) is 123 Å². The molecule has 4 atom stereocenters. The van der Waals surface area contributed by atoms with E-state index in [1.165, 1.54) is 6.33 Å². The zero-order valence-corrected chi connectivity index (χ0v) is 23.8. The van der Waals surface area contributed by atoms with E-state index in [0.29, 0.717) is 23.5 Å². The summed E-state index contributed by atoms with van der Waals surface area (Å²) < 4.78 is 22.4. The second-order valence-corrected chi connectivity index (χ2v) is 21.6. The van der Waals surface area contributed by atoms with Gasteiger partial charge in [0, 0.05) is 6.54 Å². The molecule has 0 unspecified atom stereocenters. The molecule has 0 amide bonds. The highest BCUT2D eigenvalue weighted by atomic mass is 28.4. The molecule has 0 radical (unpaired) electrons. The van der Waals surface area contributed by atoms with E-state index < -0.39 is 22.9 Å². The van der Waals surface area contributed by atoms with Gasteiger partial charge in [0.15, 0.2) is 34.3 Å². The molecule has 9 nitrogen and oxygen atoms in total. The van der Waals surface area contributed by atoms with Crippen LogP contribution in [0.25, 0.3) is 11.2 Å². The minimum atomic E-state index is -2.18. The van der Waals surface area contributed by atoms with Crippen LogP contribution in [-0.4, -0.2) is 61.0 Å². The molecule has 2 aromatic rings. The van der Waals surface area contributed by atoms with Crippen LogP contribution in [0.2, 0.25) is 36.3 Å². The zero-order chi connectivity index (χ0) is 25.0. The Morgan fingerprint density at radius 2 is 1.48 bits per heavy atom. The Morgan fingerprint density at radius 1 is 0.939 bits per heavy atom. The molecule has 186 valence electrons. The van der Waals surface area contributed by atoms with E-state index in [-0.39, 0.29) is 28.4 Å². The van der Waals surface area contributed by atoms with Gasteiger partial charge in [-0.3, -0.25) is 4.57 Å². The van der Waals surface area contributed by atoms with E-state index >= 15 is 0 Å². The zero-order valence-electron chi connectivity index (χ0n) is 21.8. The first kappa shape index (κ1) is 26.2. The summed E-state index contributed by atoms with van der Waals surface area (Å²) in [6.07, 6.45) is 1.69. The van der Waals surface area contributed by atoms with Crippen LogP contribution in [0.3, 0.4) is 0 Å². The van der Waals surface area contributed by atoms with Crippen LogP contribution in [0.5, 0.6) is 0 Å². The van der Waals surface area contributed by atoms with Crippen LogP contribution in [0.4, 0.5) is 5.82 Å². The summed E-state index contributed by atoms with van der Waals surface area (Å²) in [6.45, 7) is 22.7. The summed E-state index contributed by atoms with van der Waals surface area (Å²) in [4.78, 5) is 13.0. The van der Waals surface area contributed by atoms with Gasteiger partial charge in [-0.1, -0.05) is 41.5 Å². The minimum absolute atomic E-state index is 0.0173. The molecule has 3 heterocycles. The Labute approximate surface area is 199 Å². The van der Waals surface area contributed by atoms with Gasteiger partial charge in [0.25, 0.3) is 0 Å². The van der Waals surface area contributed by atoms with Crippen molar-refractivity contribution >= 4 is 33.6 Å². The molecule has 0 aromatic carbocycles. The number of fused-ring (bicyclic) bond motifs is 1. The third kappa shape index (κ3) is 4.89. The number of anilines is 1. The van der Waals surface area contributed by atoms with Gasteiger partial charge in [0.2, 0.25) is 0 Å². The van der Waals surface area contributed by atoms with Crippen LogP contribution in [-0.2, 0) is 13.6 Å². The smallest absolute Gasteiger partial charge is 0.192 e. The molecule has 33 heavy (non-hydrogen) atoms. The summed E-state index contributed by atoms with van der Waals surface area (Å²) in [5, 5.41) is 0.0542. The first-order chi connectivity index (χ1) is 15.0. The lowest BCUT2D eigenvalue weighted by Crippen LogP contribution is -2.54. The molecular weight excluding hydrogens is 452 g/mol. The van der Waals surface area contributed by atoms with Crippen LogP contribution in [0.1, 0.15) is 47.8 Å². The lowest BCUT2D eigenvalue weighted by atomic mass is 10.1. The number of rotatable bonds is 6. The summed E-state index contributed by atoms with van der Waals surface area (Å²) in [5.74, 6) is 0.336. The maximum absolute atomic E-state index is 7.01. The monoisotopic (exact) mass is 494 g/mol. The lowest BCUT2D eigenvalue weighted by Gasteiger charge is -2.44. The van der Waals surface area contributed by atoms with Crippen molar-refractivity contribution in [1.29, 1.82) is 0 Å². The number of imidazole rings is 1. The average Bonchev–Trinajstić information content (AvgIpc) is 3.22. The third-order valence-electron chi connectivity index (χ3n) is 7.65. The summed E-state index contributed by atoms with van der Waals surface area (Å²) in [5.41, 5.74) is 13.4. The van der Waals surface area contributed by atoms with E-state index in [9.17, 15) is 0 Å². The Balaban J connectivity index is 2.10. The van der Waals surface area contributed by atoms with Crippen molar-refractivity contribution in [1.82, 2.24) is 19.5 Å². The molecule has 4 N–H and O–H groups in total. The van der Waals surface area contributed by atoms with Crippen molar-refractivity contribution in [3.63, 3.8) is 0 Å². The fourth-order valence-electron chi connectivity index (χ4n) is 3.48. The average molecular weight is 495 g/mol. The van der Waals surface area contributed by atoms with Crippen molar-refractivity contribution in [2.75, 3.05) is 12.3 Å². The molecular formula is C22H42N6O3Si2. The molecule has 11 heteroatoms. The van der Waals surface area contributed by atoms with Gasteiger partial charge >= 0.3 is 0 Å². The second kappa shape index (κ2) is 8.69. The maximum atomic E-state index is 7.01. The Kier molecular flexibility index (Phi) is 6.90. The third-order valence-corrected chi connectivity index (χ3v) is 16.6. The Bertz CT molecular complexity index is 983.